The van der Waals surface area contributed by atoms with Gasteiger partial charge in [0, 0.05) is 23.2 Å². The molecule has 3 rings (SSSR count). The van der Waals surface area contributed by atoms with Crippen LogP contribution in [-0.4, -0.2) is 10.9 Å². The number of benzene rings is 2. The van der Waals surface area contributed by atoms with Gasteiger partial charge in [-0.05, 0) is 36.4 Å². The fraction of sp³-hybridized carbons (Fsp3) is 0. The van der Waals surface area contributed by atoms with E-state index in [1.165, 1.54) is 6.07 Å². The highest BCUT2D eigenvalue weighted by Crippen LogP contribution is 2.29. The summed E-state index contributed by atoms with van der Waals surface area (Å²) in [5.41, 5.74) is 12.6. The number of fused-ring (bicyclic) bond motifs is 1. The first kappa shape index (κ1) is 12.9. The van der Waals surface area contributed by atoms with Crippen LogP contribution in [0.2, 0.25) is 0 Å². The van der Waals surface area contributed by atoms with E-state index in [4.69, 9.17) is 16.2 Å². The molecule has 0 saturated heterocycles. The average Bonchev–Trinajstić information content (AvgIpc) is 2.49. The van der Waals surface area contributed by atoms with Crippen molar-refractivity contribution in [2.75, 3.05) is 5.73 Å². The lowest BCUT2D eigenvalue weighted by Gasteiger charge is -2.09. The fourth-order valence-corrected chi connectivity index (χ4v) is 2.03. The monoisotopic (exact) mass is 279 g/mol. The van der Waals surface area contributed by atoms with Crippen LogP contribution in [0.1, 0.15) is 10.4 Å². The second-order valence-corrected chi connectivity index (χ2v) is 4.58. The normalized spacial score (nSPS) is 10.5. The van der Waals surface area contributed by atoms with Gasteiger partial charge in [0.05, 0.1) is 11.2 Å². The van der Waals surface area contributed by atoms with Crippen LogP contribution in [0.25, 0.3) is 10.9 Å². The number of rotatable bonds is 3. The van der Waals surface area contributed by atoms with Crippen molar-refractivity contribution >= 4 is 22.5 Å². The molecule has 1 amide bonds. The summed E-state index contributed by atoms with van der Waals surface area (Å²) in [4.78, 5) is 15.4. The Labute approximate surface area is 121 Å². The zero-order valence-corrected chi connectivity index (χ0v) is 11.1. The van der Waals surface area contributed by atoms with Gasteiger partial charge >= 0.3 is 0 Å². The van der Waals surface area contributed by atoms with Crippen LogP contribution in [0.15, 0.2) is 54.7 Å². The second-order valence-electron chi connectivity index (χ2n) is 4.58. The first-order valence-corrected chi connectivity index (χ1v) is 6.35. The molecule has 0 aliphatic carbocycles. The Kier molecular flexibility index (Phi) is 3.16. The summed E-state index contributed by atoms with van der Waals surface area (Å²) in [5.74, 6) is 0.568. The lowest BCUT2D eigenvalue weighted by Crippen LogP contribution is -2.11. The van der Waals surface area contributed by atoms with E-state index >= 15 is 0 Å². The van der Waals surface area contributed by atoms with Gasteiger partial charge in [0.25, 0.3) is 0 Å². The number of hydrogen-bond donors (Lipinski definition) is 2. The molecule has 0 saturated carbocycles. The highest BCUT2D eigenvalue weighted by Gasteiger charge is 2.07. The summed E-state index contributed by atoms with van der Waals surface area (Å²) in [6.07, 6.45) is 1.72. The van der Waals surface area contributed by atoms with Gasteiger partial charge in [0.15, 0.2) is 0 Å². The first-order valence-electron chi connectivity index (χ1n) is 6.35. The molecule has 0 spiro atoms. The van der Waals surface area contributed by atoms with Gasteiger partial charge in [-0.2, -0.15) is 0 Å². The third kappa shape index (κ3) is 2.62. The number of nitrogens with two attached hydrogens (primary N) is 2. The molecule has 2 aromatic carbocycles. The van der Waals surface area contributed by atoms with Crippen LogP contribution in [-0.2, 0) is 0 Å². The molecule has 4 N–H and O–H groups in total. The Morgan fingerprint density at radius 2 is 1.95 bits per heavy atom. The Morgan fingerprint density at radius 1 is 1.10 bits per heavy atom. The summed E-state index contributed by atoms with van der Waals surface area (Å²) in [5, 5.41) is 1.03. The average molecular weight is 279 g/mol. The molecule has 21 heavy (non-hydrogen) atoms. The highest BCUT2D eigenvalue weighted by atomic mass is 16.5. The smallest absolute Gasteiger partial charge is 0.248 e. The number of nitrogens with zero attached hydrogens (tertiary/aromatic N) is 1. The number of nitrogen functional groups attached to an aromatic ring is 1. The number of ether oxygens (including phenoxy) is 1. The summed E-state index contributed by atoms with van der Waals surface area (Å²) < 4.78 is 5.73. The number of carbonyl (C=O) groups is 1. The highest BCUT2D eigenvalue weighted by molar-refractivity contribution is 5.94. The van der Waals surface area contributed by atoms with Crippen molar-refractivity contribution in [3.63, 3.8) is 0 Å². The van der Waals surface area contributed by atoms with E-state index in [1.807, 2.05) is 30.3 Å². The predicted molar refractivity (Wildman–Crippen MR) is 81.2 cm³/mol. The Hall–Kier alpha value is -3.08. The Balaban J connectivity index is 1.93. The standard InChI is InChI=1S/C16H13N3O2/c17-13-8-11(16(18)20)4-6-15(13)21-12-5-3-10-2-1-7-19-14(10)9-12/h1-9H,17H2,(H2,18,20). The van der Waals surface area contributed by atoms with Crippen LogP contribution < -0.4 is 16.2 Å². The molecule has 3 aromatic rings. The number of aromatic nitrogens is 1. The second kappa shape index (κ2) is 5.13. The van der Waals surface area contributed by atoms with Gasteiger partial charge in [-0.15, -0.1) is 0 Å². The van der Waals surface area contributed by atoms with Gasteiger partial charge in [0.1, 0.15) is 11.5 Å². The van der Waals surface area contributed by atoms with Crippen molar-refractivity contribution in [3.8, 4) is 11.5 Å². The lowest BCUT2D eigenvalue weighted by atomic mass is 10.2. The van der Waals surface area contributed by atoms with E-state index < -0.39 is 5.91 Å². The minimum atomic E-state index is -0.525. The third-order valence-corrected chi connectivity index (χ3v) is 3.10. The van der Waals surface area contributed by atoms with E-state index in [0.29, 0.717) is 22.7 Å². The molecule has 0 fully saturated rings. The predicted octanol–water partition coefficient (Wildman–Crippen LogP) is 2.71. The van der Waals surface area contributed by atoms with E-state index in [2.05, 4.69) is 4.98 Å². The summed E-state index contributed by atoms with van der Waals surface area (Å²) >= 11 is 0. The molecule has 0 aliphatic heterocycles. The topological polar surface area (TPSA) is 91.2 Å². The largest absolute Gasteiger partial charge is 0.455 e. The van der Waals surface area contributed by atoms with Gasteiger partial charge < -0.3 is 16.2 Å². The van der Waals surface area contributed by atoms with Crippen LogP contribution >= 0.6 is 0 Å². The van der Waals surface area contributed by atoms with Gasteiger partial charge in [-0.1, -0.05) is 6.07 Å². The van der Waals surface area contributed by atoms with Crippen LogP contribution in [0.3, 0.4) is 0 Å². The van der Waals surface area contributed by atoms with Crippen LogP contribution in [0.4, 0.5) is 5.69 Å². The van der Waals surface area contributed by atoms with E-state index in [1.54, 1.807) is 18.3 Å². The van der Waals surface area contributed by atoms with Crippen molar-refractivity contribution in [2.45, 2.75) is 0 Å². The molecule has 0 unspecified atom stereocenters. The SMILES string of the molecule is NC(=O)c1ccc(Oc2ccc3cccnc3c2)c(N)c1. The first-order chi connectivity index (χ1) is 10.1. The molecule has 5 nitrogen and oxygen atoms in total. The lowest BCUT2D eigenvalue weighted by molar-refractivity contribution is 0.100. The third-order valence-electron chi connectivity index (χ3n) is 3.10. The number of amides is 1. The molecule has 0 radical (unpaired) electrons. The number of primary amides is 1. The minimum Gasteiger partial charge on any atom is -0.455 e. The number of carbonyl (C=O) groups excluding carboxylic acids is 1. The molecular formula is C16H13N3O2. The number of anilines is 1. The summed E-state index contributed by atoms with van der Waals surface area (Å²) in [6, 6.07) is 14.1. The van der Waals surface area contributed by atoms with Crippen molar-refractivity contribution in [2.24, 2.45) is 5.73 Å². The summed E-state index contributed by atoms with van der Waals surface area (Å²) in [6.45, 7) is 0. The molecular weight excluding hydrogens is 266 g/mol. The maximum atomic E-state index is 11.1. The molecule has 104 valence electrons. The van der Waals surface area contributed by atoms with Gasteiger partial charge in [0.2, 0.25) is 5.91 Å². The summed E-state index contributed by atoms with van der Waals surface area (Å²) in [7, 11) is 0. The van der Waals surface area contributed by atoms with Gasteiger partial charge in [-0.25, -0.2) is 0 Å². The molecule has 5 heteroatoms. The minimum absolute atomic E-state index is 0.347. The Bertz CT molecular complexity index is 831. The maximum Gasteiger partial charge on any atom is 0.248 e. The van der Waals surface area contributed by atoms with Crippen LogP contribution in [0, 0.1) is 0 Å². The van der Waals surface area contributed by atoms with Gasteiger partial charge in [-0.3, -0.25) is 9.78 Å². The van der Waals surface area contributed by atoms with E-state index in [9.17, 15) is 4.79 Å². The van der Waals surface area contributed by atoms with Crippen molar-refractivity contribution in [1.29, 1.82) is 0 Å². The molecule has 0 atom stereocenters. The molecule has 1 heterocycles. The zero-order valence-electron chi connectivity index (χ0n) is 11.1. The Morgan fingerprint density at radius 3 is 2.71 bits per heavy atom. The fourth-order valence-electron chi connectivity index (χ4n) is 2.03. The zero-order chi connectivity index (χ0) is 14.8. The maximum absolute atomic E-state index is 11.1. The molecule has 0 bridgehead atoms. The quantitative estimate of drug-likeness (QED) is 0.721. The van der Waals surface area contributed by atoms with E-state index in [0.717, 1.165) is 10.9 Å². The molecule has 1 aromatic heterocycles. The number of pyridine rings is 1. The van der Waals surface area contributed by atoms with Crippen molar-refractivity contribution in [1.82, 2.24) is 4.98 Å². The molecule has 0 aliphatic rings. The van der Waals surface area contributed by atoms with Crippen LogP contribution in [0.5, 0.6) is 11.5 Å². The van der Waals surface area contributed by atoms with E-state index in [-0.39, 0.29) is 0 Å². The number of hydrogen-bond acceptors (Lipinski definition) is 4. The van der Waals surface area contributed by atoms with Crippen molar-refractivity contribution in [3.05, 3.63) is 60.3 Å². The van der Waals surface area contributed by atoms with Crippen molar-refractivity contribution < 1.29 is 9.53 Å².